The first kappa shape index (κ1) is 14.7. The molecular weight excluding hydrogens is 256 g/mol. The molecular formula is C15H19N2O3. The highest BCUT2D eigenvalue weighted by Crippen LogP contribution is 2.36. The summed E-state index contributed by atoms with van der Waals surface area (Å²) in [6, 6.07) is 8.80. The van der Waals surface area contributed by atoms with E-state index < -0.39 is 17.2 Å². The van der Waals surface area contributed by atoms with E-state index >= 15 is 0 Å². The van der Waals surface area contributed by atoms with E-state index in [2.05, 4.69) is 4.99 Å². The zero-order valence-corrected chi connectivity index (χ0v) is 12.2. The van der Waals surface area contributed by atoms with Crippen LogP contribution in [-0.4, -0.2) is 27.9 Å². The van der Waals surface area contributed by atoms with Crippen molar-refractivity contribution in [3.8, 4) is 5.75 Å². The van der Waals surface area contributed by atoms with Gasteiger partial charge in [0.05, 0.1) is 12.0 Å². The lowest BCUT2D eigenvalue weighted by atomic mass is 9.99. The fraction of sp³-hybridized carbons (Fsp3) is 0.467. The van der Waals surface area contributed by atoms with Gasteiger partial charge in [-0.2, -0.15) is 0 Å². The van der Waals surface area contributed by atoms with Crippen molar-refractivity contribution < 1.29 is 14.7 Å². The third-order valence-corrected chi connectivity index (χ3v) is 3.69. The minimum Gasteiger partial charge on any atom is -0.426 e. The molecule has 2 rings (SSSR count). The minimum atomic E-state index is -1.10. The number of hydroxylamine groups is 2. The van der Waals surface area contributed by atoms with E-state index in [0.717, 1.165) is 10.8 Å². The Bertz CT molecular complexity index is 539. The van der Waals surface area contributed by atoms with E-state index in [1.807, 2.05) is 6.07 Å². The van der Waals surface area contributed by atoms with Crippen LogP contribution in [0.4, 0.5) is 0 Å². The number of carbonyl (C=O) groups is 1. The molecule has 0 N–H and O–H groups in total. The predicted molar refractivity (Wildman–Crippen MR) is 74.8 cm³/mol. The third-order valence-electron chi connectivity index (χ3n) is 3.69. The summed E-state index contributed by atoms with van der Waals surface area (Å²) in [5.41, 5.74) is -1.07. The highest BCUT2D eigenvalue weighted by molar-refractivity contribution is 5.93. The van der Waals surface area contributed by atoms with Gasteiger partial charge in [0, 0.05) is 5.71 Å². The molecule has 0 amide bonds. The number of ether oxygens (including phenoxy) is 1. The Balaban J connectivity index is 2.09. The first-order valence-electron chi connectivity index (χ1n) is 6.56. The molecule has 5 heteroatoms. The van der Waals surface area contributed by atoms with Crippen molar-refractivity contribution in [2.75, 3.05) is 0 Å². The van der Waals surface area contributed by atoms with Crippen LogP contribution in [0.1, 0.15) is 34.1 Å². The van der Waals surface area contributed by atoms with E-state index in [4.69, 9.17) is 4.74 Å². The molecule has 1 aliphatic rings. The lowest BCUT2D eigenvalue weighted by molar-refractivity contribution is -0.247. The second-order valence-corrected chi connectivity index (χ2v) is 5.73. The smallest absolute Gasteiger partial charge is 0.315 e. The summed E-state index contributed by atoms with van der Waals surface area (Å²) < 4.78 is 5.22. The van der Waals surface area contributed by atoms with Crippen molar-refractivity contribution in [3.63, 3.8) is 0 Å². The average Bonchev–Trinajstić information content (AvgIpc) is 2.51. The molecule has 0 saturated carbocycles. The molecule has 5 nitrogen and oxygen atoms in total. The van der Waals surface area contributed by atoms with Crippen LogP contribution in [0, 0.1) is 0 Å². The predicted octanol–water partition coefficient (Wildman–Crippen LogP) is 2.60. The summed E-state index contributed by atoms with van der Waals surface area (Å²) in [5.74, 6) is 0.00491. The highest BCUT2D eigenvalue weighted by atomic mass is 16.5. The molecule has 0 saturated heterocycles. The van der Waals surface area contributed by atoms with Gasteiger partial charge in [-0.25, -0.2) is 0 Å². The number of esters is 1. The topological polar surface area (TPSA) is 61.8 Å². The number of carbonyl (C=O) groups excluding carboxylic acids is 1. The van der Waals surface area contributed by atoms with E-state index in [9.17, 15) is 10.0 Å². The Kier molecular flexibility index (Phi) is 3.67. The van der Waals surface area contributed by atoms with E-state index in [-0.39, 0.29) is 6.42 Å². The van der Waals surface area contributed by atoms with E-state index in [1.54, 1.807) is 52.0 Å². The molecule has 0 aliphatic carbocycles. The van der Waals surface area contributed by atoms with Crippen LogP contribution in [0.15, 0.2) is 35.3 Å². The zero-order chi connectivity index (χ0) is 15.0. The monoisotopic (exact) mass is 275 g/mol. The molecule has 0 aromatic heterocycles. The molecule has 107 valence electrons. The number of hydrogen-bond acceptors (Lipinski definition) is 4. The minimum absolute atomic E-state index is 0.0772. The Hall–Kier alpha value is -1.72. The summed E-state index contributed by atoms with van der Waals surface area (Å²) in [6.45, 7) is 7.06. The maximum absolute atomic E-state index is 12.3. The second-order valence-electron chi connectivity index (χ2n) is 5.73. The molecule has 1 unspecified atom stereocenters. The van der Waals surface area contributed by atoms with Crippen LogP contribution in [0.5, 0.6) is 5.75 Å². The first-order valence-corrected chi connectivity index (χ1v) is 6.56. The highest BCUT2D eigenvalue weighted by Gasteiger charge is 2.50. The van der Waals surface area contributed by atoms with Crippen LogP contribution < -0.4 is 4.74 Å². The maximum Gasteiger partial charge on any atom is 0.315 e. The van der Waals surface area contributed by atoms with E-state index in [0.29, 0.717) is 5.75 Å². The van der Waals surface area contributed by atoms with Gasteiger partial charge in [0.25, 0.3) is 0 Å². The van der Waals surface area contributed by atoms with Gasteiger partial charge in [0.1, 0.15) is 11.4 Å². The van der Waals surface area contributed by atoms with Gasteiger partial charge >= 0.3 is 5.97 Å². The van der Waals surface area contributed by atoms with Gasteiger partial charge in [0.2, 0.25) is 0 Å². The lowest BCUT2D eigenvalue weighted by Crippen LogP contribution is -2.51. The van der Waals surface area contributed by atoms with Gasteiger partial charge in [-0.3, -0.25) is 9.79 Å². The summed E-state index contributed by atoms with van der Waals surface area (Å²) in [6.07, 6.45) is -0.0772. The summed E-state index contributed by atoms with van der Waals surface area (Å²) >= 11 is 0. The summed E-state index contributed by atoms with van der Waals surface area (Å²) in [5, 5.41) is 13.2. The van der Waals surface area contributed by atoms with Gasteiger partial charge in [-0.1, -0.05) is 18.2 Å². The number of para-hydroxylation sites is 1. The van der Waals surface area contributed by atoms with Crippen LogP contribution in [-0.2, 0) is 10.0 Å². The largest absolute Gasteiger partial charge is 0.426 e. The van der Waals surface area contributed by atoms with Crippen LogP contribution >= 0.6 is 0 Å². The van der Waals surface area contributed by atoms with Gasteiger partial charge in [-0.05, 0) is 39.8 Å². The molecule has 1 heterocycles. The molecule has 1 atom stereocenters. The van der Waals surface area contributed by atoms with Crippen LogP contribution in [0.2, 0.25) is 0 Å². The Morgan fingerprint density at radius 2 is 1.85 bits per heavy atom. The van der Waals surface area contributed by atoms with Gasteiger partial charge < -0.3 is 4.74 Å². The van der Waals surface area contributed by atoms with Crippen molar-refractivity contribution in [3.05, 3.63) is 30.3 Å². The van der Waals surface area contributed by atoms with Crippen LogP contribution in [0.25, 0.3) is 0 Å². The number of hydrogen-bond donors (Lipinski definition) is 0. The Morgan fingerprint density at radius 3 is 2.35 bits per heavy atom. The van der Waals surface area contributed by atoms with E-state index in [1.165, 1.54) is 0 Å². The number of aliphatic imine (C=N–C) groups is 1. The standard InChI is InChI=1S/C15H19N2O3/c1-11-14(2,3)17(19)15(4,16-11)10-13(18)20-12-8-6-5-7-9-12/h5-9H,10H2,1-4H3. The summed E-state index contributed by atoms with van der Waals surface area (Å²) in [7, 11) is 0. The number of benzene rings is 1. The fourth-order valence-electron chi connectivity index (χ4n) is 2.33. The molecule has 0 spiro atoms. The fourth-order valence-corrected chi connectivity index (χ4v) is 2.33. The normalized spacial score (nSPS) is 25.4. The summed E-state index contributed by atoms with van der Waals surface area (Å²) in [4.78, 5) is 16.3. The first-order chi connectivity index (χ1) is 9.25. The molecule has 20 heavy (non-hydrogen) atoms. The molecule has 1 aliphatic heterocycles. The quantitative estimate of drug-likeness (QED) is 0.629. The number of rotatable bonds is 3. The Labute approximate surface area is 118 Å². The molecule has 1 aromatic carbocycles. The van der Waals surface area contributed by atoms with Crippen molar-refractivity contribution >= 4 is 11.7 Å². The number of nitrogens with zero attached hydrogens (tertiary/aromatic N) is 2. The maximum atomic E-state index is 12.3. The van der Waals surface area contributed by atoms with Crippen molar-refractivity contribution in [2.45, 2.75) is 45.3 Å². The molecule has 0 fully saturated rings. The van der Waals surface area contributed by atoms with Crippen molar-refractivity contribution in [1.82, 2.24) is 5.06 Å². The third kappa shape index (κ3) is 2.59. The van der Waals surface area contributed by atoms with Crippen LogP contribution in [0.3, 0.4) is 0 Å². The Morgan fingerprint density at radius 1 is 1.25 bits per heavy atom. The van der Waals surface area contributed by atoms with Gasteiger partial charge in [0.15, 0.2) is 0 Å². The molecule has 0 bridgehead atoms. The van der Waals surface area contributed by atoms with Gasteiger partial charge in [-0.15, -0.1) is 10.3 Å². The second kappa shape index (κ2) is 5.00. The lowest BCUT2D eigenvalue weighted by Gasteiger charge is -2.32. The molecule has 1 aromatic rings. The molecule has 1 radical (unpaired) electrons. The average molecular weight is 275 g/mol. The zero-order valence-electron chi connectivity index (χ0n) is 12.2. The SMILES string of the molecule is CC1=NC(C)(CC(=O)Oc2ccccc2)N([O])C1(C)C. The van der Waals surface area contributed by atoms with Crippen molar-refractivity contribution in [1.29, 1.82) is 0 Å². The van der Waals surface area contributed by atoms with Crippen molar-refractivity contribution in [2.24, 2.45) is 4.99 Å².